The van der Waals surface area contributed by atoms with Crippen LogP contribution < -0.4 is 38.9 Å². The number of thiol groups is 1. The van der Waals surface area contributed by atoms with Crippen molar-refractivity contribution in [3.8, 4) is 0 Å². The van der Waals surface area contributed by atoms with Gasteiger partial charge in [-0.1, -0.05) is 20.3 Å². The summed E-state index contributed by atoms with van der Waals surface area (Å²) in [6.07, 6.45) is 0.341. The van der Waals surface area contributed by atoms with E-state index in [1.54, 1.807) is 6.92 Å². The number of carbonyl (C=O) groups excluding carboxylic acids is 4. The molecule has 0 bridgehead atoms. The van der Waals surface area contributed by atoms with Crippen LogP contribution in [0.2, 0.25) is 0 Å². The van der Waals surface area contributed by atoms with E-state index in [0.29, 0.717) is 6.42 Å². The summed E-state index contributed by atoms with van der Waals surface area (Å²) in [4.78, 5) is 64.5. The number of hydrogen-bond acceptors (Lipinski definition) is 8. The predicted octanol–water partition coefficient (Wildman–Crippen LogP) is -3.24. The second-order valence-corrected chi connectivity index (χ2v) is 8.10. The lowest BCUT2D eigenvalue weighted by Crippen LogP contribution is -2.58. The van der Waals surface area contributed by atoms with Crippen LogP contribution in [0.4, 0.5) is 0 Å². The number of aliphatic imine (C=N–C) groups is 1. The topological polar surface area (TPSA) is 258 Å². The zero-order valence-corrected chi connectivity index (χ0v) is 20.2. The minimum atomic E-state index is -1.40. The lowest BCUT2D eigenvalue weighted by Gasteiger charge is -2.25. The normalized spacial score (nSPS) is 15.1. The molecular weight excluding hydrogens is 468 g/mol. The first-order chi connectivity index (χ1) is 15.8. The molecule has 34 heavy (non-hydrogen) atoms. The molecule has 5 unspecified atom stereocenters. The van der Waals surface area contributed by atoms with Gasteiger partial charge in [0.15, 0.2) is 5.96 Å². The molecule has 0 rings (SSSR count). The summed E-state index contributed by atoms with van der Waals surface area (Å²) < 4.78 is 0. The molecule has 0 spiro atoms. The van der Waals surface area contributed by atoms with Crippen LogP contribution in [0.25, 0.3) is 0 Å². The van der Waals surface area contributed by atoms with Crippen molar-refractivity contribution in [1.82, 2.24) is 16.0 Å². The van der Waals surface area contributed by atoms with E-state index in [2.05, 4.69) is 33.6 Å². The Morgan fingerprint density at radius 3 is 1.94 bits per heavy atom. The third-order valence-electron chi connectivity index (χ3n) is 4.97. The Kier molecular flexibility index (Phi) is 14.3. The molecule has 0 saturated carbocycles. The fourth-order valence-electron chi connectivity index (χ4n) is 2.69. The first-order valence-corrected chi connectivity index (χ1v) is 11.3. The number of amides is 4. The SMILES string of the molecule is CCC(C)C(N)C(=O)NC(CC(N)=O)C(=O)NC(CCCN=C(N)N)C(=O)NC(CS)C(=O)O. The van der Waals surface area contributed by atoms with E-state index >= 15 is 0 Å². The standard InChI is InChI=1S/C19H36N8O6S/c1-3-9(2)14(21)17(31)26-11(7-13(20)28)16(30)25-10(5-4-6-24-19(22)23)15(29)27-12(8-34)18(32)33/h9-12,14,34H,3-8,21H2,1-2H3,(H2,20,28)(H,25,30)(H,26,31)(H,27,29)(H,32,33)(H4,22,23,24). The van der Waals surface area contributed by atoms with E-state index in [0.717, 1.165) is 0 Å². The van der Waals surface area contributed by atoms with E-state index < -0.39 is 60.2 Å². The number of carboxylic acids is 1. The molecule has 0 aromatic rings. The van der Waals surface area contributed by atoms with Crippen LogP contribution in [-0.2, 0) is 24.0 Å². The maximum atomic E-state index is 12.9. The number of carboxylic acid groups (broad SMARTS) is 1. The molecule has 0 aliphatic rings. The van der Waals surface area contributed by atoms with E-state index in [1.165, 1.54) is 0 Å². The summed E-state index contributed by atoms with van der Waals surface area (Å²) in [6.45, 7) is 3.74. The van der Waals surface area contributed by atoms with Gasteiger partial charge >= 0.3 is 5.97 Å². The minimum Gasteiger partial charge on any atom is -0.480 e. The smallest absolute Gasteiger partial charge is 0.327 e. The largest absolute Gasteiger partial charge is 0.480 e. The molecule has 0 radical (unpaired) electrons. The Morgan fingerprint density at radius 2 is 1.47 bits per heavy atom. The lowest BCUT2D eigenvalue weighted by atomic mass is 9.99. The van der Waals surface area contributed by atoms with Gasteiger partial charge in [-0.2, -0.15) is 12.6 Å². The fraction of sp³-hybridized carbons (Fsp3) is 0.684. The monoisotopic (exact) mass is 504 g/mol. The number of aliphatic carboxylic acids is 1. The lowest BCUT2D eigenvalue weighted by molar-refractivity contribution is -0.141. The summed E-state index contributed by atoms with van der Waals surface area (Å²) in [5.41, 5.74) is 21.6. The quantitative estimate of drug-likeness (QED) is 0.0442. The maximum Gasteiger partial charge on any atom is 0.327 e. The van der Waals surface area contributed by atoms with Gasteiger partial charge in [0, 0.05) is 12.3 Å². The van der Waals surface area contributed by atoms with Crippen LogP contribution in [0, 0.1) is 5.92 Å². The molecule has 15 heteroatoms. The van der Waals surface area contributed by atoms with E-state index in [1.807, 2.05) is 6.92 Å². The first kappa shape index (κ1) is 30.9. The summed E-state index contributed by atoms with van der Waals surface area (Å²) in [7, 11) is 0. The number of carbonyl (C=O) groups is 5. The molecule has 4 amide bonds. The number of nitrogens with one attached hydrogen (secondary N) is 3. The molecular formula is C19H36N8O6S. The highest BCUT2D eigenvalue weighted by Crippen LogP contribution is 2.07. The minimum absolute atomic E-state index is 0.0247. The molecule has 0 fully saturated rings. The Bertz CT molecular complexity index is 761. The van der Waals surface area contributed by atoms with Crippen molar-refractivity contribution in [2.75, 3.05) is 12.3 Å². The molecule has 0 aliphatic heterocycles. The van der Waals surface area contributed by atoms with Gasteiger partial charge in [-0.15, -0.1) is 0 Å². The Labute approximate surface area is 203 Å². The van der Waals surface area contributed by atoms with Crippen molar-refractivity contribution in [3.05, 3.63) is 0 Å². The molecule has 14 nitrogen and oxygen atoms in total. The van der Waals surface area contributed by atoms with Crippen molar-refractivity contribution < 1.29 is 29.1 Å². The maximum absolute atomic E-state index is 12.9. The first-order valence-electron chi connectivity index (χ1n) is 10.7. The number of primary amides is 1. The number of guanidine groups is 1. The summed E-state index contributed by atoms with van der Waals surface area (Å²) in [6, 6.07) is -4.85. The molecule has 0 aromatic heterocycles. The summed E-state index contributed by atoms with van der Waals surface area (Å²) in [5.74, 6) is -5.06. The van der Waals surface area contributed by atoms with Gasteiger partial charge in [-0.25, -0.2) is 4.79 Å². The highest BCUT2D eigenvalue weighted by molar-refractivity contribution is 7.80. The second-order valence-electron chi connectivity index (χ2n) is 7.73. The van der Waals surface area contributed by atoms with Crippen LogP contribution in [0.5, 0.6) is 0 Å². The highest BCUT2D eigenvalue weighted by atomic mass is 32.1. The third-order valence-corrected chi connectivity index (χ3v) is 5.34. The number of rotatable bonds is 16. The van der Waals surface area contributed by atoms with Gasteiger partial charge in [0.2, 0.25) is 23.6 Å². The summed E-state index contributed by atoms with van der Waals surface area (Å²) >= 11 is 3.89. The number of nitrogens with two attached hydrogens (primary N) is 4. The third kappa shape index (κ3) is 11.7. The Balaban J connectivity index is 5.58. The molecule has 0 aliphatic carbocycles. The van der Waals surface area contributed by atoms with Gasteiger partial charge in [-0.05, 0) is 18.8 Å². The Morgan fingerprint density at radius 1 is 0.941 bits per heavy atom. The predicted molar refractivity (Wildman–Crippen MR) is 128 cm³/mol. The number of nitrogens with zero attached hydrogens (tertiary/aromatic N) is 1. The van der Waals surface area contributed by atoms with Crippen molar-refractivity contribution in [2.45, 2.75) is 63.7 Å². The molecule has 0 saturated heterocycles. The van der Waals surface area contributed by atoms with Gasteiger partial charge in [0.05, 0.1) is 12.5 Å². The number of hydrogen-bond donors (Lipinski definition) is 9. The van der Waals surface area contributed by atoms with Gasteiger partial charge in [-0.3, -0.25) is 24.2 Å². The molecule has 194 valence electrons. The molecule has 0 aromatic carbocycles. The highest BCUT2D eigenvalue weighted by Gasteiger charge is 2.31. The van der Waals surface area contributed by atoms with Crippen molar-refractivity contribution in [2.24, 2.45) is 33.8 Å². The fourth-order valence-corrected chi connectivity index (χ4v) is 2.94. The zero-order chi connectivity index (χ0) is 26.4. The van der Waals surface area contributed by atoms with Crippen molar-refractivity contribution in [1.29, 1.82) is 0 Å². The van der Waals surface area contributed by atoms with Gasteiger partial charge in [0.25, 0.3) is 0 Å². The Hall–Kier alpha value is -3.07. The van der Waals surface area contributed by atoms with Crippen LogP contribution >= 0.6 is 12.6 Å². The van der Waals surface area contributed by atoms with E-state index in [9.17, 15) is 24.0 Å². The van der Waals surface area contributed by atoms with Crippen LogP contribution in [0.3, 0.4) is 0 Å². The second kappa shape index (κ2) is 15.7. The van der Waals surface area contributed by atoms with Crippen LogP contribution in [0.1, 0.15) is 39.5 Å². The zero-order valence-electron chi connectivity index (χ0n) is 19.3. The molecule has 5 atom stereocenters. The van der Waals surface area contributed by atoms with Gasteiger partial charge in [0.1, 0.15) is 18.1 Å². The van der Waals surface area contributed by atoms with E-state index in [4.69, 9.17) is 28.0 Å². The van der Waals surface area contributed by atoms with Crippen LogP contribution in [-0.4, -0.2) is 77.1 Å². The summed E-state index contributed by atoms with van der Waals surface area (Å²) in [5, 5.41) is 16.2. The average molecular weight is 505 g/mol. The van der Waals surface area contributed by atoms with Crippen molar-refractivity contribution in [3.63, 3.8) is 0 Å². The van der Waals surface area contributed by atoms with Crippen molar-refractivity contribution >= 4 is 48.2 Å². The van der Waals surface area contributed by atoms with Crippen LogP contribution in [0.15, 0.2) is 4.99 Å². The van der Waals surface area contributed by atoms with E-state index in [-0.39, 0.29) is 37.0 Å². The molecule has 0 heterocycles. The van der Waals surface area contributed by atoms with Gasteiger partial charge < -0.3 is 44.0 Å². The average Bonchev–Trinajstić information content (AvgIpc) is 2.76. The molecule has 12 N–H and O–H groups in total.